The summed E-state index contributed by atoms with van der Waals surface area (Å²) < 4.78 is 46.4. The van der Waals surface area contributed by atoms with Crippen molar-refractivity contribution in [1.82, 2.24) is 0 Å². The van der Waals surface area contributed by atoms with E-state index in [0.717, 1.165) is 6.92 Å². The van der Waals surface area contributed by atoms with E-state index in [1.807, 2.05) is 0 Å². The number of halogens is 3. The molecule has 1 fully saturated rings. The van der Waals surface area contributed by atoms with Crippen LogP contribution in [0.4, 0.5) is 13.2 Å². The zero-order chi connectivity index (χ0) is 9.41. The van der Waals surface area contributed by atoms with Crippen molar-refractivity contribution in [2.45, 2.75) is 26.3 Å². The maximum absolute atomic E-state index is 12.3. The van der Waals surface area contributed by atoms with Gasteiger partial charge in [-0.3, -0.25) is 0 Å². The van der Waals surface area contributed by atoms with Crippen LogP contribution in [0.3, 0.4) is 0 Å². The third kappa shape index (κ3) is 1.72. The summed E-state index contributed by atoms with van der Waals surface area (Å²) in [5.41, 5.74) is -1.85. The van der Waals surface area contributed by atoms with Gasteiger partial charge in [-0.15, -0.1) is 0 Å². The van der Waals surface area contributed by atoms with Gasteiger partial charge >= 0.3 is 6.18 Å². The minimum Gasteiger partial charge on any atom is -0.352 e. The summed E-state index contributed by atoms with van der Waals surface area (Å²) in [6.45, 7) is 2.03. The summed E-state index contributed by atoms with van der Waals surface area (Å²) in [5.74, 6) is 0. The van der Waals surface area contributed by atoms with E-state index in [1.54, 1.807) is 6.92 Å². The first-order valence-corrected chi connectivity index (χ1v) is 3.65. The van der Waals surface area contributed by atoms with Crippen molar-refractivity contribution >= 4 is 0 Å². The molecule has 2 nitrogen and oxygen atoms in total. The lowest BCUT2D eigenvalue weighted by Gasteiger charge is -2.37. The van der Waals surface area contributed by atoms with Crippen molar-refractivity contribution in [3.05, 3.63) is 0 Å². The van der Waals surface area contributed by atoms with Gasteiger partial charge in [0.25, 0.3) is 0 Å². The summed E-state index contributed by atoms with van der Waals surface area (Å²) in [7, 11) is 0. The van der Waals surface area contributed by atoms with E-state index in [1.165, 1.54) is 0 Å². The lowest BCUT2D eigenvalue weighted by molar-refractivity contribution is -0.309. The highest BCUT2D eigenvalue weighted by Gasteiger charge is 2.53. The van der Waals surface area contributed by atoms with Crippen LogP contribution in [-0.4, -0.2) is 25.7 Å². The van der Waals surface area contributed by atoms with E-state index >= 15 is 0 Å². The lowest BCUT2D eigenvalue weighted by atomic mass is 9.91. The van der Waals surface area contributed by atoms with Gasteiger partial charge in [0.1, 0.15) is 5.41 Å². The van der Waals surface area contributed by atoms with E-state index in [4.69, 9.17) is 9.47 Å². The Balaban J connectivity index is 2.62. The standard InChI is InChI=1S/C7H11F3O2/c1-5-11-3-6(2,4-12-5)7(8,9)10/h5H,3-4H2,1-2H3. The smallest absolute Gasteiger partial charge is 0.352 e. The van der Waals surface area contributed by atoms with Crippen LogP contribution in [0.2, 0.25) is 0 Å². The molecule has 0 aromatic carbocycles. The highest BCUT2D eigenvalue weighted by molar-refractivity contribution is 4.83. The SMILES string of the molecule is CC1OCC(C)(C(F)(F)F)CO1. The Hall–Kier alpha value is -0.290. The Morgan fingerprint density at radius 1 is 1.25 bits per heavy atom. The highest BCUT2D eigenvalue weighted by Crippen LogP contribution is 2.40. The van der Waals surface area contributed by atoms with Crippen molar-refractivity contribution in [1.29, 1.82) is 0 Å². The summed E-state index contributed by atoms with van der Waals surface area (Å²) in [6.07, 6.45) is -4.78. The topological polar surface area (TPSA) is 18.5 Å². The molecule has 0 unspecified atom stereocenters. The van der Waals surface area contributed by atoms with Crippen LogP contribution in [0.25, 0.3) is 0 Å². The molecule has 0 saturated carbocycles. The van der Waals surface area contributed by atoms with E-state index in [-0.39, 0.29) is 13.2 Å². The van der Waals surface area contributed by atoms with Gasteiger partial charge in [0, 0.05) is 0 Å². The molecule has 0 aromatic rings. The predicted molar refractivity (Wildman–Crippen MR) is 35.5 cm³/mol. The predicted octanol–water partition coefficient (Wildman–Crippen LogP) is 1.95. The fraction of sp³-hybridized carbons (Fsp3) is 1.00. The average molecular weight is 184 g/mol. The van der Waals surface area contributed by atoms with E-state index in [0.29, 0.717) is 0 Å². The number of rotatable bonds is 0. The van der Waals surface area contributed by atoms with Gasteiger partial charge in [0.2, 0.25) is 0 Å². The molecule has 12 heavy (non-hydrogen) atoms. The molecule has 0 atom stereocenters. The summed E-state index contributed by atoms with van der Waals surface area (Å²) in [4.78, 5) is 0. The first-order valence-electron chi connectivity index (χ1n) is 3.65. The molecule has 1 aliphatic heterocycles. The normalized spacial score (nSPS) is 38.2. The van der Waals surface area contributed by atoms with Crippen LogP contribution in [-0.2, 0) is 9.47 Å². The molecule has 1 heterocycles. The molecule has 0 N–H and O–H groups in total. The van der Waals surface area contributed by atoms with Gasteiger partial charge in [0.05, 0.1) is 13.2 Å². The number of hydrogen-bond acceptors (Lipinski definition) is 2. The summed E-state index contributed by atoms with van der Waals surface area (Å²) >= 11 is 0. The monoisotopic (exact) mass is 184 g/mol. The quantitative estimate of drug-likeness (QED) is 0.572. The van der Waals surface area contributed by atoms with Gasteiger partial charge in [-0.25, -0.2) is 0 Å². The number of hydrogen-bond donors (Lipinski definition) is 0. The van der Waals surface area contributed by atoms with Crippen molar-refractivity contribution in [3.8, 4) is 0 Å². The third-order valence-corrected chi connectivity index (χ3v) is 1.96. The van der Waals surface area contributed by atoms with Crippen LogP contribution in [0.5, 0.6) is 0 Å². The second-order valence-corrected chi connectivity index (χ2v) is 3.25. The molecule has 5 heteroatoms. The second kappa shape index (κ2) is 2.88. The Morgan fingerprint density at radius 2 is 1.67 bits per heavy atom. The van der Waals surface area contributed by atoms with E-state index in [2.05, 4.69) is 0 Å². The van der Waals surface area contributed by atoms with E-state index in [9.17, 15) is 13.2 Å². The van der Waals surface area contributed by atoms with Crippen molar-refractivity contribution < 1.29 is 22.6 Å². The molecule has 0 radical (unpaired) electrons. The molecule has 0 aliphatic carbocycles. The van der Waals surface area contributed by atoms with Gasteiger partial charge in [-0.2, -0.15) is 13.2 Å². The Labute approximate surface area is 68.6 Å². The molecule has 0 amide bonds. The second-order valence-electron chi connectivity index (χ2n) is 3.25. The molecule has 1 rings (SSSR count). The van der Waals surface area contributed by atoms with Crippen molar-refractivity contribution in [2.75, 3.05) is 13.2 Å². The molecule has 0 bridgehead atoms. The average Bonchev–Trinajstić information content (AvgIpc) is 1.93. The number of alkyl halides is 3. The zero-order valence-electron chi connectivity index (χ0n) is 6.94. The molecule has 0 spiro atoms. The molecule has 1 saturated heterocycles. The first-order chi connectivity index (χ1) is 5.35. The fourth-order valence-corrected chi connectivity index (χ4v) is 0.856. The molecule has 0 aromatic heterocycles. The van der Waals surface area contributed by atoms with Crippen LogP contribution in [0, 0.1) is 5.41 Å². The maximum atomic E-state index is 12.3. The van der Waals surface area contributed by atoms with Gasteiger partial charge in [0.15, 0.2) is 6.29 Å². The first kappa shape index (κ1) is 9.80. The van der Waals surface area contributed by atoms with Gasteiger partial charge < -0.3 is 9.47 Å². The highest BCUT2D eigenvalue weighted by atomic mass is 19.4. The summed E-state index contributed by atoms with van der Waals surface area (Å²) in [5, 5.41) is 0. The van der Waals surface area contributed by atoms with Crippen molar-refractivity contribution in [3.63, 3.8) is 0 Å². The zero-order valence-corrected chi connectivity index (χ0v) is 6.94. The summed E-state index contributed by atoms with van der Waals surface area (Å²) in [6, 6.07) is 0. The van der Waals surface area contributed by atoms with Crippen molar-refractivity contribution in [2.24, 2.45) is 5.41 Å². The fourth-order valence-electron chi connectivity index (χ4n) is 0.856. The van der Waals surface area contributed by atoms with Gasteiger partial charge in [-0.05, 0) is 13.8 Å². The van der Waals surface area contributed by atoms with Crippen LogP contribution >= 0.6 is 0 Å². The van der Waals surface area contributed by atoms with Crippen LogP contribution in [0.1, 0.15) is 13.8 Å². The number of ether oxygens (including phenoxy) is 2. The molecular formula is C7H11F3O2. The van der Waals surface area contributed by atoms with Gasteiger partial charge in [-0.1, -0.05) is 0 Å². The van der Waals surface area contributed by atoms with Crippen LogP contribution in [0.15, 0.2) is 0 Å². The third-order valence-electron chi connectivity index (χ3n) is 1.96. The minimum absolute atomic E-state index is 0.322. The van der Waals surface area contributed by atoms with Crippen LogP contribution < -0.4 is 0 Å². The Bertz CT molecular complexity index is 159. The molecule has 1 aliphatic rings. The Kier molecular flexibility index (Phi) is 2.35. The lowest BCUT2D eigenvalue weighted by Crippen LogP contribution is -2.48. The molecule has 72 valence electrons. The van der Waals surface area contributed by atoms with E-state index < -0.39 is 17.9 Å². The largest absolute Gasteiger partial charge is 0.398 e. The maximum Gasteiger partial charge on any atom is 0.398 e. The minimum atomic E-state index is -4.26. The molecular weight excluding hydrogens is 173 g/mol. The Morgan fingerprint density at radius 3 is 2.00 bits per heavy atom.